The molecule has 1 aliphatic rings. The first-order valence-corrected chi connectivity index (χ1v) is 16.6. The van der Waals surface area contributed by atoms with Crippen LogP contribution in [0.25, 0.3) is 5.69 Å². The van der Waals surface area contributed by atoms with Crippen LogP contribution in [0.1, 0.15) is 42.4 Å². The molecule has 0 spiro atoms. The van der Waals surface area contributed by atoms with Gasteiger partial charge in [-0.3, -0.25) is 14.7 Å². The molecule has 0 aliphatic carbocycles. The zero-order chi connectivity index (χ0) is 34.5. The average Bonchev–Trinajstić information content (AvgIpc) is 3.41. The van der Waals surface area contributed by atoms with Crippen molar-refractivity contribution in [1.29, 1.82) is 0 Å². The molecule has 0 radical (unpaired) electrons. The van der Waals surface area contributed by atoms with Gasteiger partial charge in [0.1, 0.15) is 23.0 Å². The quantitative estimate of drug-likeness (QED) is 0.227. The molecule has 5 rings (SSSR count). The van der Waals surface area contributed by atoms with Crippen LogP contribution in [-0.4, -0.2) is 72.0 Å². The van der Waals surface area contributed by atoms with Gasteiger partial charge < -0.3 is 15.1 Å². The Morgan fingerprint density at radius 2 is 1.38 bits per heavy atom. The van der Waals surface area contributed by atoms with Crippen LogP contribution >= 0.6 is 0 Å². The number of aryl methyl sites for hydroxylation is 1. The molecule has 250 valence electrons. The lowest BCUT2D eigenvalue weighted by atomic mass is 9.92. The van der Waals surface area contributed by atoms with Gasteiger partial charge in [0.05, 0.1) is 17.6 Å². The summed E-state index contributed by atoms with van der Waals surface area (Å²) in [6.07, 6.45) is 0.715. The molecule has 3 amide bonds. The van der Waals surface area contributed by atoms with Crippen LogP contribution in [-0.2, 0) is 15.5 Å². The van der Waals surface area contributed by atoms with Gasteiger partial charge in [-0.25, -0.2) is 18.3 Å². The summed E-state index contributed by atoms with van der Waals surface area (Å²) in [5.74, 6) is -1.80. The van der Waals surface area contributed by atoms with Gasteiger partial charge in [-0.05, 0) is 55.5 Å². The fraction of sp³-hybridized carbons (Fsp3) is 0.303. The zero-order valence-electron chi connectivity index (χ0n) is 26.8. The first kappa shape index (κ1) is 35.0. The fourth-order valence-electron chi connectivity index (χ4n) is 4.78. The van der Waals surface area contributed by atoms with Gasteiger partial charge in [0.2, 0.25) is 0 Å². The Morgan fingerprint density at radius 3 is 1.91 bits per heavy atom. The number of nitrogens with zero attached hydrogens (tertiary/aromatic N) is 4. The molecule has 11 nitrogen and oxygen atoms in total. The van der Waals surface area contributed by atoms with E-state index in [1.165, 1.54) is 11.0 Å². The lowest BCUT2D eigenvalue weighted by Crippen LogP contribution is -2.49. The van der Waals surface area contributed by atoms with Crippen molar-refractivity contribution in [3.63, 3.8) is 0 Å². The van der Waals surface area contributed by atoms with Crippen LogP contribution in [0.15, 0.2) is 72.8 Å². The van der Waals surface area contributed by atoms with E-state index in [9.17, 15) is 26.8 Å². The van der Waals surface area contributed by atoms with Crippen LogP contribution in [0.3, 0.4) is 0 Å². The number of amides is 3. The number of hydrogen-bond acceptors (Lipinski definition) is 6. The number of urea groups is 1. The molecule has 3 aromatic carbocycles. The minimum atomic E-state index is -3.67. The molecular weight excluding hydrogens is 630 g/mol. The van der Waals surface area contributed by atoms with E-state index in [1.807, 2.05) is 49.4 Å². The van der Waals surface area contributed by atoms with E-state index >= 15 is 0 Å². The number of rotatable bonds is 5. The van der Waals surface area contributed by atoms with Crippen LogP contribution < -0.4 is 15.5 Å². The molecule has 1 aliphatic heterocycles. The molecule has 1 saturated heterocycles. The lowest BCUT2D eigenvalue weighted by Gasteiger charge is -2.36. The average molecular weight is 669 g/mol. The largest absolute Gasteiger partial charge is 0.368 e. The highest BCUT2D eigenvalue weighted by atomic mass is 32.2. The van der Waals surface area contributed by atoms with E-state index in [4.69, 9.17) is 9.65 Å². The van der Waals surface area contributed by atoms with Crippen LogP contribution in [0.4, 0.5) is 30.8 Å². The number of piperazine rings is 1. The molecule has 2 heterocycles. The maximum absolute atomic E-state index is 14.1. The van der Waals surface area contributed by atoms with Crippen molar-refractivity contribution in [2.24, 2.45) is 0 Å². The minimum Gasteiger partial charge on any atom is -0.368 e. The smallest absolute Gasteiger partial charge is 0.324 e. The maximum Gasteiger partial charge on any atom is 0.324 e. The summed E-state index contributed by atoms with van der Waals surface area (Å²) in [6.45, 7) is 9.91. The highest BCUT2D eigenvalue weighted by Crippen LogP contribution is 2.27. The topological polar surface area (TPSA) is 137 Å². The van der Waals surface area contributed by atoms with E-state index in [1.54, 1.807) is 16.8 Å². The van der Waals surface area contributed by atoms with Crippen molar-refractivity contribution in [2.75, 3.05) is 48.0 Å². The first-order valence-electron chi connectivity index (χ1n) is 14.8. The van der Waals surface area contributed by atoms with Crippen molar-refractivity contribution >= 4 is 39.2 Å². The molecule has 1 aromatic heterocycles. The second kappa shape index (κ2) is 14.3. The molecule has 0 atom stereocenters. The van der Waals surface area contributed by atoms with Gasteiger partial charge in [-0.15, -0.1) is 0 Å². The third-order valence-corrected chi connectivity index (χ3v) is 7.23. The Kier molecular flexibility index (Phi) is 10.7. The number of halogens is 2. The number of benzene rings is 3. The summed E-state index contributed by atoms with van der Waals surface area (Å²) >= 11 is 0. The molecule has 14 heteroatoms. The van der Waals surface area contributed by atoms with Crippen molar-refractivity contribution in [3.8, 4) is 5.69 Å². The van der Waals surface area contributed by atoms with Crippen molar-refractivity contribution in [3.05, 3.63) is 101 Å². The monoisotopic (exact) mass is 668 g/mol. The Labute approximate surface area is 272 Å². The van der Waals surface area contributed by atoms with Gasteiger partial charge in [-0.1, -0.05) is 44.5 Å². The number of aromatic nitrogens is 2. The van der Waals surface area contributed by atoms with Gasteiger partial charge in [0.25, 0.3) is 16.0 Å². The first-order chi connectivity index (χ1) is 22.0. The highest BCUT2D eigenvalue weighted by molar-refractivity contribution is 7.85. The predicted octanol–water partition coefficient (Wildman–Crippen LogP) is 5.87. The lowest BCUT2D eigenvalue weighted by molar-refractivity contribution is 0.0737. The molecule has 4 aromatic rings. The number of nitrogens with one attached hydrogen (secondary N) is 2. The molecule has 1 fully saturated rings. The van der Waals surface area contributed by atoms with E-state index in [0.29, 0.717) is 43.9 Å². The van der Waals surface area contributed by atoms with Gasteiger partial charge >= 0.3 is 6.03 Å². The number of anilines is 3. The van der Waals surface area contributed by atoms with E-state index in [-0.39, 0.29) is 5.41 Å². The summed E-state index contributed by atoms with van der Waals surface area (Å²) in [4.78, 5) is 29.2. The Bertz CT molecular complexity index is 1800. The highest BCUT2D eigenvalue weighted by Gasteiger charge is 2.27. The Morgan fingerprint density at radius 1 is 0.851 bits per heavy atom. The van der Waals surface area contributed by atoms with Crippen molar-refractivity contribution in [1.82, 2.24) is 14.7 Å². The number of carbonyl (C=O) groups is 2. The molecule has 0 bridgehead atoms. The maximum atomic E-state index is 14.1. The summed E-state index contributed by atoms with van der Waals surface area (Å²) in [6, 6.07) is 20.2. The molecule has 0 saturated carbocycles. The van der Waals surface area contributed by atoms with Crippen LogP contribution in [0.5, 0.6) is 0 Å². The summed E-state index contributed by atoms with van der Waals surface area (Å²) < 4.78 is 55.7. The van der Waals surface area contributed by atoms with Gasteiger partial charge in [0.15, 0.2) is 0 Å². The number of hydrogen-bond donors (Lipinski definition) is 3. The minimum absolute atomic E-state index is 0.203. The third-order valence-electron chi connectivity index (χ3n) is 7.23. The van der Waals surface area contributed by atoms with E-state index < -0.39 is 39.3 Å². The zero-order valence-corrected chi connectivity index (χ0v) is 27.6. The predicted molar refractivity (Wildman–Crippen MR) is 178 cm³/mol. The van der Waals surface area contributed by atoms with Crippen LogP contribution in [0, 0.1) is 18.6 Å². The van der Waals surface area contributed by atoms with Crippen molar-refractivity contribution in [2.45, 2.75) is 33.1 Å². The normalized spacial score (nSPS) is 13.4. The standard InChI is InChI=1S/C32H34F2N6O2.CH4O3S/c1-21-8-12-24(13-9-21)40-28(20-27(37-40)32(2,3)4)36-31(42)35-22-10-14-23(15-11-22)38-16-18-39(19-17-38)30(41)29-25(33)6-5-7-26(29)34;1-5(2,3)4/h5-15,20H,16-19H2,1-4H3,(H2,35,36,42);1H3,(H,2,3,4). The Balaban J connectivity index is 0.000000930. The van der Waals surface area contributed by atoms with Gasteiger partial charge in [-0.2, -0.15) is 13.5 Å². The summed E-state index contributed by atoms with van der Waals surface area (Å²) in [5, 5.41) is 10.6. The molecular formula is C33H38F2N6O5S. The molecule has 3 N–H and O–H groups in total. The molecule has 0 unspecified atom stereocenters. The second-order valence-electron chi connectivity index (χ2n) is 12.1. The fourth-order valence-corrected chi connectivity index (χ4v) is 4.78. The van der Waals surface area contributed by atoms with E-state index in [2.05, 4.69) is 36.3 Å². The molecule has 47 heavy (non-hydrogen) atoms. The second-order valence-corrected chi connectivity index (χ2v) is 13.6. The van der Waals surface area contributed by atoms with Crippen LogP contribution in [0.2, 0.25) is 0 Å². The summed E-state index contributed by atoms with van der Waals surface area (Å²) in [7, 11) is -3.67. The summed E-state index contributed by atoms with van der Waals surface area (Å²) in [5.41, 5.74) is 3.63. The van der Waals surface area contributed by atoms with E-state index in [0.717, 1.165) is 34.8 Å². The van der Waals surface area contributed by atoms with Gasteiger partial charge in [0, 0.05) is 49.0 Å². The third kappa shape index (κ3) is 9.59. The Hall–Kier alpha value is -4.82. The SMILES string of the molecule is CS(=O)(=O)O.Cc1ccc(-n2nc(C(C)(C)C)cc2NC(=O)Nc2ccc(N3CCN(C(=O)c4c(F)cccc4F)CC3)cc2)cc1. The van der Waals surface area contributed by atoms with Crippen molar-refractivity contribution < 1.29 is 31.3 Å². The number of carbonyl (C=O) groups excluding carboxylic acids is 2.